The quantitative estimate of drug-likeness (QED) is 0.383. The molecule has 0 spiro atoms. The van der Waals surface area contributed by atoms with Gasteiger partial charge < -0.3 is 14.8 Å². The van der Waals surface area contributed by atoms with Crippen LogP contribution >= 0.6 is 0 Å². The van der Waals surface area contributed by atoms with Crippen LogP contribution in [0.1, 0.15) is 5.56 Å². The van der Waals surface area contributed by atoms with Gasteiger partial charge in [0.25, 0.3) is 0 Å². The molecule has 2 amide bonds. The topological polar surface area (TPSA) is 89.0 Å². The standard InChI is InChI=1S/C22H19N3O4/c1-28-18-12-10-17(11-13-18)24-21(26)22(27)25-23-15-16-6-5-9-20(14-16)29-19-7-3-2-4-8-19/h2-15H,1H3,(H,24,26)(H,25,27)/b23-15+. The van der Waals surface area contributed by atoms with E-state index in [0.717, 1.165) is 0 Å². The first kappa shape index (κ1) is 19.6. The Balaban J connectivity index is 1.54. The Morgan fingerprint density at radius 2 is 1.55 bits per heavy atom. The lowest BCUT2D eigenvalue weighted by atomic mass is 10.2. The summed E-state index contributed by atoms with van der Waals surface area (Å²) in [6, 6.07) is 23.2. The van der Waals surface area contributed by atoms with E-state index in [2.05, 4.69) is 15.8 Å². The first-order valence-electron chi connectivity index (χ1n) is 8.75. The Kier molecular flexibility index (Phi) is 6.57. The van der Waals surface area contributed by atoms with Gasteiger partial charge in [-0.05, 0) is 54.1 Å². The van der Waals surface area contributed by atoms with Gasteiger partial charge in [-0.15, -0.1) is 0 Å². The molecule has 2 N–H and O–H groups in total. The maximum absolute atomic E-state index is 11.9. The molecule has 0 fully saturated rings. The average molecular weight is 389 g/mol. The molecule has 0 unspecified atom stereocenters. The van der Waals surface area contributed by atoms with Crippen molar-refractivity contribution < 1.29 is 19.1 Å². The molecule has 0 heterocycles. The highest BCUT2D eigenvalue weighted by Gasteiger charge is 2.12. The smallest absolute Gasteiger partial charge is 0.329 e. The molecule has 0 aliphatic rings. The maximum atomic E-state index is 11.9. The van der Waals surface area contributed by atoms with Gasteiger partial charge in [-0.2, -0.15) is 5.10 Å². The van der Waals surface area contributed by atoms with Gasteiger partial charge in [-0.25, -0.2) is 5.43 Å². The largest absolute Gasteiger partial charge is 0.497 e. The van der Waals surface area contributed by atoms with Crippen LogP contribution in [0.15, 0.2) is 84.0 Å². The van der Waals surface area contributed by atoms with Crippen LogP contribution in [0.25, 0.3) is 0 Å². The van der Waals surface area contributed by atoms with Gasteiger partial charge >= 0.3 is 11.8 Å². The summed E-state index contributed by atoms with van der Waals surface area (Å²) >= 11 is 0. The first-order chi connectivity index (χ1) is 14.1. The van der Waals surface area contributed by atoms with E-state index in [1.807, 2.05) is 36.4 Å². The highest BCUT2D eigenvalue weighted by Crippen LogP contribution is 2.21. The third-order valence-corrected chi connectivity index (χ3v) is 3.77. The number of hydrogen-bond donors (Lipinski definition) is 2. The summed E-state index contributed by atoms with van der Waals surface area (Å²) < 4.78 is 10.8. The van der Waals surface area contributed by atoms with E-state index in [0.29, 0.717) is 28.5 Å². The molecule has 0 radical (unpaired) electrons. The summed E-state index contributed by atoms with van der Waals surface area (Å²) in [5, 5.41) is 6.30. The lowest BCUT2D eigenvalue weighted by molar-refractivity contribution is -0.136. The van der Waals surface area contributed by atoms with Gasteiger partial charge in [0.1, 0.15) is 17.2 Å². The molecular formula is C22H19N3O4. The number of carbonyl (C=O) groups is 2. The van der Waals surface area contributed by atoms with Gasteiger partial charge in [0, 0.05) is 5.69 Å². The van der Waals surface area contributed by atoms with Crippen molar-refractivity contribution in [3.8, 4) is 17.2 Å². The van der Waals surface area contributed by atoms with E-state index in [1.54, 1.807) is 49.6 Å². The summed E-state index contributed by atoms with van der Waals surface area (Å²) in [5.74, 6) is 0.284. The predicted octanol–water partition coefficient (Wildman–Crippen LogP) is 3.58. The van der Waals surface area contributed by atoms with Crippen molar-refractivity contribution in [1.82, 2.24) is 5.43 Å². The molecule has 0 atom stereocenters. The SMILES string of the molecule is COc1ccc(NC(=O)C(=O)N/N=C/c2cccc(Oc3ccccc3)c2)cc1. The lowest BCUT2D eigenvalue weighted by Gasteiger charge is -2.06. The van der Waals surface area contributed by atoms with Crippen molar-refractivity contribution in [3.63, 3.8) is 0 Å². The zero-order valence-electron chi connectivity index (χ0n) is 15.7. The molecule has 3 aromatic carbocycles. The van der Waals surface area contributed by atoms with Crippen molar-refractivity contribution in [3.05, 3.63) is 84.4 Å². The Labute approximate surface area is 168 Å². The highest BCUT2D eigenvalue weighted by atomic mass is 16.5. The summed E-state index contributed by atoms with van der Waals surface area (Å²) in [4.78, 5) is 23.8. The predicted molar refractivity (Wildman–Crippen MR) is 110 cm³/mol. The van der Waals surface area contributed by atoms with Crippen molar-refractivity contribution in [1.29, 1.82) is 0 Å². The summed E-state index contributed by atoms with van der Waals surface area (Å²) in [7, 11) is 1.54. The van der Waals surface area contributed by atoms with Crippen LogP contribution in [0.2, 0.25) is 0 Å². The normalized spacial score (nSPS) is 10.4. The number of ether oxygens (including phenoxy) is 2. The zero-order chi connectivity index (χ0) is 20.5. The first-order valence-corrected chi connectivity index (χ1v) is 8.75. The number of amides is 2. The minimum Gasteiger partial charge on any atom is -0.497 e. The van der Waals surface area contributed by atoms with E-state index < -0.39 is 11.8 Å². The van der Waals surface area contributed by atoms with Crippen LogP contribution in [0.4, 0.5) is 5.69 Å². The molecule has 0 bridgehead atoms. The molecule has 0 saturated carbocycles. The number of carbonyl (C=O) groups excluding carboxylic acids is 2. The van der Waals surface area contributed by atoms with Gasteiger partial charge in [0.15, 0.2) is 0 Å². The number of nitrogens with one attached hydrogen (secondary N) is 2. The van der Waals surface area contributed by atoms with Crippen molar-refractivity contribution >= 4 is 23.7 Å². The second-order valence-electron chi connectivity index (χ2n) is 5.87. The Morgan fingerprint density at radius 3 is 2.28 bits per heavy atom. The van der Waals surface area contributed by atoms with Crippen LogP contribution < -0.4 is 20.2 Å². The Morgan fingerprint density at radius 1 is 0.828 bits per heavy atom. The Hall–Kier alpha value is -4.13. The van der Waals surface area contributed by atoms with E-state index in [1.165, 1.54) is 6.21 Å². The summed E-state index contributed by atoms with van der Waals surface area (Å²) in [6.45, 7) is 0. The zero-order valence-corrected chi connectivity index (χ0v) is 15.7. The number of benzene rings is 3. The van der Waals surface area contributed by atoms with Crippen LogP contribution in [-0.2, 0) is 9.59 Å². The van der Waals surface area contributed by atoms with E-state index in [9.17, 15) is 9.59 Å². The number of anilines is 1. The highest BCUT2D eigenvalue weighted by molar-refractivity contribution is 6.39. The van der Waals surface area contributed by atoms with Gasteiger partial charge in [0.2, 0.25) is 0 Å². The molecule has 0 aliphatic heterocycles. The van der Waals surface area contributed by atoms with Crippen molar-refractivity contribution in [2.24, 2.45) is 5.10 Å². The lowest BCUT2D eigenvalue weighted by Crippen LogP contribution is -2.32. The van der Waals surface area contributed by atoms with Crippen molar-refractivity contribution in [2.45, 2.75) is 0 Å². The molecule has 29 heavy (non-hydrogen) atoms. The number of nitrogens with zero attached hydrogens (tertiary/aromatic N) is 1. The van der Waals surface area contributed by atoms with Crippen LogP contribution in [0.3, 0.4) is 0 Å². The minimum atomic E-state index is -0.881. The number of hydrogen-bond acceptors (Lipinski definition) is 5. The molecule has 7 heteroatoms. The van der Waals surface area contributed by atoms with E-state index in [4.69, 9.17) is 9.47 Å². The molecular weight excluding hydrogens is 370 g/mol. The summed E-state index contributed by atoms with van der Waals surface area (Å²) in [6.07, 6.45) is 1.43. The minimum absolute atomic E-state index is 0.473. The fourth-order valence-electron chi connectivity index (χ4n) is 2.36. The van der Waals surface area contributed by atoms with Crippen LogP contribution in [-0.4, -0.2) is 25.1 Å². The molecule has 0 aliphatic carbocycles. The van der Waals surface area contributed by atoms with Crippen LogP contribution in [0.5, 0.6) is 17.2 Å². The van der Waals surface area contributed by atoms with Gasteiger partial charge in [0.05, 0.1) is 13.3 Å². The molecule has 0 saturated heterocycles. The van der Waals surface area contributed by atoms with Crippen molar-refractivity contribution in [2.75, 3.05) is 12.4 Å². The second kappa shape index (κ2) is 9.70. The molecule has 3 aromatic rings. The summed E-state index contributed by atoms with van der Waals surface area (Å²) in [5.41, 5.74) is 3.37. The van der Waals surface area contributed by atoms with Gasteiger partial charge in [-0.3, -0.25) is 9.59 Å². The number of methoxy groups -OCH3 is 1. The Bertz CT molecular complexity index is 1000. The molecule has 0 aromatic heterocycles. The van der Waals surface area contributed by atoms with E-state index in [-0.39, 0.29) is 0 Å². The molecule has 146 valence electrons. The third kappa shape index (κ3) is 5.93. The van der Waals surface area contributed by atoms with E-state index >= 15 is 0 Å². The average Bonchev–Trinajstić information content (AvgIpc) is 2.75. The number of rotatable bonds is 6. The maximum Gasteiger partial charge on any atom is 0.329 e. The number of para-hydroxylation sites is 1. The molecule has 3 rings (SSSR count). The fraction of sp³-hybridized carbons (Fsp3) is 0.0455. The van der Waals surface area contributed by atoms with Gasteiger partial charge in [-0.1, -0.05) is 30.3 Å². The number of hydrazone groups is 1. The fourth-order valence-corrected chi connectivity index (χ4v) is 2.36. The second-order valence-corrected chi connectivity index (χ2v) is 5.87. The molecule has 7 nitrogen and oxygen atoms in total. The monoisotopic (exact) mass is 389 g/mol. The third-order valence-electron chi connectivity index (χ3n) is 3.77. The van der Waals surface area contributed by atoms with Crippen LogP contribution in [0, 0.1) is 0 Å².